The normalized spacial score (nSPS) is 10.4. The molecule has 0 radical (unpaired) electrons. The maximum atomic E-state index is 13.7. The molecule has 0 saturated heterocycles. The minimum Gasteiger partial charge on any atom is -0.395 e. The summed E-state index contributed by atoms with van der Waals surface area (Å²) < 4.78 is 18.7. The lowest BCUT2D eigenvalue weighted by Gasteiger charge is -2.26. The van der Waals surface area contributed by atoms with E-state index in [4.69, 9.17) is 21.0 Å². The highest BCUT2D eigenvalue weighted by molar-refractivity contribution is 6.00. The second kappa shape index (κ2) is 6.93. The van der Waals surface area contributed by atoms with Crippen LogP contribution in [0.3, 0.4) is 0 Å². The van der Waals surface area contributed by atoms with Gasteiger partial charge in [0, 0.05) is 20.2 Å². The standard InChI is InChI=1S/C12H18FN3O2/c1-18-8-6-16(5-7-17)10-4-2-3-9(13)11(10)12(14)15/h2-4,17H,5-8H2,1H3,(H3,14,15). The number of methoxy groups -OCH3 is 1. The fourth-order valence-electron chi connectivity index (χ4n) is 1.72. The molecular formula is C12H18FN3O2. The number of nitrogens with zero attached hydrogens (tertiary/aromatic N) is 1. The zero-order chi connectivity index (χ0) is 13.5. The molecule has 0 aliphatic heterocycles. The molecule has 4 N–H and O–H groups in total. The SMILES string of the molecule is COCCN(CCO)c1cccc(F)c1C(=N)N. The van der Waals surface area contributed by atoms with E-state index in [0.717, 1.165) is 0 Å². The molecule has 0 spiro atoms. The number of hydrogen-bond acceptors (Lipinski definition) is 4. The average Bonchev–Trinajstić information content (AvgIpc) is 2.33. The van der Waals surface area contributed by atoms with E-state index in [1.807, 2.05) is 0 Å². The number of ether oxygens (including phenoxy) is 1. The molecule has 0 aliphatic carbocycles. The van der Waals surface area contributed by atoms with Crippen molar-refractivity contribution >= 4 is 11.5 Å². The van der Waals surface area contributed by atoms with Crippen molar-refractivity contribution in [3.63, 3.8) is 0 Å². The van der Waals surface area contributed by atoms with E-state index in [-0.39, 0.29) is 18.0 Å². The van der Waals surface area contributed by atoms with Crippen LogP contribution >= 0.6 is 0 Å². The zero-order valence-corrected chi connectivity index (χ0v) is 10.3. The molecule has 0 bridgehead atoms. The first-order chi connectivity index (χ1) is 8.61. The van der Waals surface area contributed by atoms with E-state index in [1.165, 1.54) is 6.07 Å². The molecule has 0 fully saturated rings. The number of aliphatic hydroxyl groups is 1. The van der Waals surface area contributed by atoms with Crippen molar-refractivity contribution in [1.82, 2.24) is 0 Å². The van der Waals surface area contributed by atoms with Crippen molar-refractivity contribution in [2.45, 2.75) is 0 Å². The highest BCUT2D eigenvalue weighted by Crippen LogP contribution is 2.22. The van der Waals surface area contributed by atoms with E-state index in [9.17, 15) is 4.39 Å². The van der Waals surface area contributed by atoms with Gasteiger partial charge in [-0.2, -0.15) is 0 Å². The average molecular weight is 255 g/mol. The molecule has 0 atom stereocenters. The van der Waals surface area contributed by atoms with Crippen LogP contribution in [0.15, 0.2) is 18.2 Å². The molecule has 0 amide bonds. The number of halogens is 1. The topological polar surface area (TPSA) is 82.6 Å². The van der Waals surface area contributed by atoms with Crippen LogP contribution in [-0.4, -0.2) is 44.4 Å². The summed E-state index contributed by atoms with van der Waals surface area (Å²) in [6, 6.07) is 4.48. The number of nitrogen functional groups attached to an aromatic ring is 1. The zero-order valence-electron chi connectivity index (χ0n) is 10.3. The molecule has 0 saturated carbocycles. The lowest BCUT2D eigenvalue weighted by Crippen LogP contribution is -2.32. The Morgan fingerprint density at radius 3 is 2.78 bits per heavy atom. The maximum absolute atomic E-state index is 13.7. The predicted molar refractivity (Wildman–Crippen MR) is 68.6 cm³/mol. The molecule has 100 valence electrons. The summed E-state index contributed by atoms with van der Waals surface area (Å²) in [5.41, 5.74) is 5.95. The molecule has 1 aromatic carbocycles. The number of aliphatic hydroxyl groups excluding tert-OH is 1. The first-order valence-corrected chi connectivity index (χ1v) is 5.59. The van der Waals surface area contributed by atoms with Crippen molar-refractivity contribution in [3.05, 3.63) is 29.6 Å². The molecule has 0 unspecified atom stereocenters. The third-order valence-electron chi connectivity index (χ3n) is 2.54. The van der Waals surface area contributed by atoms with Crippen LogP contribution in [0.25, 0.3) is 0 Å². The summed E-state index contributed by atoms with van der Waals surface area (Å²) in [6.45, 7) is 1.18. The lowest BCUT2D eigenvalue weighted by atomic mass is 10.1. The van der Waals surface area contributed by atoms with Crippen molar-refractivity contribution in [2.24, 2.45) is 5.73 Å². The lowest BCUT2D eigenvalue weighted by molar-refractivity contribution is 0.203. The molecule has 0 heterocycles. The number of benzene rings is 1. The van der Waals surface area contributed by atoms with Crippen LogP contribution in [0.1, 0.15) is 5.56 Å². The van der Waals surface area contributed by atoms with Gasteiger partial charge in [0.1, 0.15) is 11.7 Å². The molecule has 1 aromatic rings. The van der Waals surface area contributed by atoms with Crippen LogP contribution in [0.5, 0.6) is 0 Å². The molecule has 0 aromatic heterocycles. The van der Waals surface area contributed by atoms with Crippen LogP contribution < -0.4 is 10.6 Å². The van der Waals surface area contributed by atoms with Gasteiger partial charge in [-0.25, -0.2) is 4.39 Å². The Kier molecular flexibility index (Phi) is 5.54. The molecule has 5 nitrogen and oxygen atoms in total. The Labute approximate surface area is 105 Å². The maximum Gasteiger partial charge on any atom is 0.136 e. The van der Waals surface area contributed by atoms with E-state index >= 15 is 0 Å². The number of nitrogens with one attached hydrogen (secondary N) is 1. The Balaban J connectivity index is 3.10. The van der Waals surface area contributed by atoms with Crippen LogP contribution in [-0.2, 0) is 4.74 Å². The van der Waals surface area contributed by atoms with Gasteiger partial charge in [0.15, 0.2) is 0 Å². The quantitative estimate of drug-likeness (QED) is 0.491. The fraction of sp³-hybridized carbons (Fsp3) is 0.417. The summed E-state index contributed by atoms with van der Waals surface area (Å²) in [5.74, 6) is -0.871. The summed E-state index contributed by atoms with van der Waals surface area (Å²) in [7, 11) is 1.56. The van der Waals surface area contributed by atoms with Crippen molar-refractivity contribution in [1.29, 1.82) is 5.41 Å². The summed E-state index contributed by atoms with van der Waals surface area (Å²) in [4.78, 5) is 1.74. The van der Waals surface area contributed by atoms with Crippen molar-refractivity contribution in [3.8, 4) is 0 Å². The van der Waals surface area contributed by atoms with Crippen LogP contribution in [0, 0.1) is 11.2 Å². The number of nitrogens with two attached hydrogens (primary N) is 1. The van der Waals surface area contributed by atoms with E-state index in [2.05, 4.69) is 0 Å². The summed E-state index contributed by atoms with van der Waals surface area (Å²) in [5, 5.41) is 16.5. The molecule has 18 heavy (non-hydrogen) atoms. The van der Waals surface area contributed by atoms with Crippen LogP contribution in [0.2, 0.25) is 0 Å². The molecule has 0 aliphatic rings. The Bertz CT molecular complexity index is 412. The third kappa shape index (κ3) is 3.41. The second-order valence-electron chi connectivity index (χ2n) is 3.75. The van der Waals surface area contributed by atoms with E-state index in [0.29, 0.717) is 25.4 Å². The highest BCUT2D eigenvalue weighted by Gasteiger charge is 2.16. The first kappa shape index (κ1) is 14.4. The number of rotatable bonds is 7. The van der Waals surface area contributed by atoms with Gasteiger partial charge >= 0.3 is 0 Å². The minimum atomic E-state index is -0.541. The van der Waals surface area contributed by atoms with Gasteiger partial charge in [0.05, 0.1) is 24.5 Å². The van der Waals surface area contributed by atoms with Gasteiger partial charge in [-0.3, -0.25) is 5.41 Å². The van der Waals surface area contributed by atoms with Gasteiger partial charge < -0.3 is 20.5 Å². The van der Waals surface area contributed by atoms with Crippen molar-refractivity contribution in [2.75, 3.05) is 38.3 Å². The van der Waals surface area contributed by atoms with E-state index < -0.39 is 5.82 Å². The van der Waals surface area contributed by atoms with Gasteiger partial charge in [-0.15, -0.1) is 0 Å². The smallest absolute Gasteiger partial charge is 0.136 e. The van der Waals surface area contributed by atoms with E-state index in [1.54, 1.807) is 24.1 Å². The van der Waals surface area contributed by atoms with Gasteiger partial charge in [-0.1, -0.05) is 6.07 Å². The predicted octanol–water partition coefficient (Wildman–Crippen LogP) is 0.555. The van der Waals surface area contributed by atoms with Crippen LogP contribution in [0.4, 0.5) is 10.1 Å². The Hall–Kier alpha value is -1.66. The summed E-state index contributed by atoms with van der Waals surface area (Å²) >= 11 is 0. The highest BCUT2D eigenvalue weighted by atomic mass is 19.1. The number of amidine groups is 1. The van der Waals surface area contributed by atoms with Crippen molar-refractivity contribution < 1.29 is 14.2 Å². The Morgan fingerprint density at radius 2 is 2.22 bits per heavy atom. The largest absolute Gasteiger partial charge is 0.395 e. The molecular weight excluding hydrogens is 237 g/mol. The minimum absolute atomic E-state index is 0.0575. The molecule has 6 heteroatoms. The fourth-order valence-corrected chi connectivity index (χ4v) is 1.72. The van der Waals surface area contributed by atoms with Gasteiger partial charge in [-0.05, 0) is 12.1 Å². The first-order valence-electron chi connectivity index (χ1n) is 5.59. The van der Waals surface area contributed by atoms with Gasteiger partial charge in [0.2, 0.25) is 0 Å². The second-order valence-corrected chi connectivity index (χ2v) is 3.75. The van der Waals surface area contributed by atoms with Gasteiger partial charge in [0.25, 0.3) is 0 Å². The number of anilines is 1. The Morgan fingerprint density at radius 1 is 1.50 bits per heavy atom. The third-order valence-corrected chi connectivity index (χ3v) is 2.54. The monoisotopic (exact) mass is 255 g/mol. The number of hydrogen-bond donors (Lipinski definition) is 3. The molecule has 1 rings (SSSR count). The summed E-state index contributed by atoms with van der Waals surface area (Å²) in [6.07, 6.45) is 0.